The van der Waals surface area contributed by atoms with E-state index in [9.17, 15) is 4.79 Å². The summed E-state index contributed by atoms with van der Waals surface area (Å²) in [5.74, 6) is 1.93. The van der Waals surface area contributed by atoms with E-state index in [-0.39, 0.29) is 18.6 Å². The Labute approximate surface area is 134 Å². The quantitative estimate of drug-likeness (QED) is 0.871. The molecule has 0 atom stereocenters. The standard InChI is InChI=1S/C19H17NO3/c21-19(15-6-7-15)20-16-8-3-13(4-9-16)1-2-14-5-10-17-18(11-14)23-12-22-17/h1-5,8-11,15H,6-7,12H2,(H,20,21)/b2-1+. The van der Waals surface area contributed by atoms with Crippen molar-refractivity contribution in [1.82, 2.24) is 0 Å². The smallest absolute Gasteiger partial charge is 0.231 e. The zero-order valence-corrected chi connectivity index (χ0v) is 12.6. The van der Waals surface area contributed by atoms with E-state index in [0.29, 0.717) is 0 Å². The SMILES string of the molecule is O=C(Nc1ccc(/C=C/c2ccc3c(c2)OCO3)cc1)C1CC1. The lowest BCUT2D eigenvalue weighted by Crippen LogP contribution is -2.12. The van der Waals surface area contributed by atoms with E-state index in [1.54, 1.807) is 0 Å². The average molecular weight is 307 g/mol. The predicted molar refractivity (Wildman–Crippen MR) is 89.3 cm³/mol. The van der Waals surface area contributed by atoms with Crippen LogP contribution in [-0.2, 0) is 4.79 Å². The summed E-state index contributed by atoms with van der Waals surface area (Å²) in [6.07, 6.45) is 6.09. The lowest BCUT2D eigenvalue weighted by atomic mass is 10.1. The molecule has 23 heavy (non-hydrogen) atoms. The molecule has 116 valence electrons. The third kappa shape index (κ3) is 3.21. The predicted octanol–water partition coefficient (Wildman–Crippen LogP) is 3.93. The van der Waals surface area contributed by atoms with Crippen LogP contribution in [0.1, 0.15) is 24.0 Å². The number of hydrogen-bond donors (Lipinski definition) is 1. The highest BCUT2D eigenvalue weighted by atomic mass is 16.7. The van der Waals surface area contributed by atoms with Gasteiger partial charge in [-0.2, -0.15) is 0 Å². The van der Waals surface area contributed by atoms with Crippen LogP contribution in [0.2, 0.25) is 0 Å². The first-order valence-corrected chi connectivity index (χ1v) is 7.76. The molecule has 0 bridgehead atoms. The second-order valence-electron chi connectivity index (χ2n) is 5.83. The number of rotatable bonds is 4. The van der Waals surface area contributed by atoms with Crippen molar-refractivity contribution in [2.45, 2.75) is 12.8 Å². The molecule has 1 aliphatic heterocycles. The molecule has 4 heteroatoms. The summed E-state index contributed by atoms with van der Waals surface area (Å²) < 4.78 is 10.7. The van der Waals surface area contributed by atoms with E-state index < -0.39 is 0 Å². The maximum Gasteiger partial charge on any atom is 0.231 e. The van der Waals surface area contributed by atoms with Gasteiger partial charge in [0.2, 0.25) is 12.7 Å². The van der Waals surface area contributed by atoms with Crippen LogP contribution in [0.5, 0.6) is 11.5 Å². The molecule has 1 saturated carbocycles. The molecule has 0 unspecified atom stereocenters. The first kappa shape index (κ1) is 13.9. The second kappa shape index (κ2) is 5.80. The number of nitrogens with one attached hydrogen (secondary N) is 1. The van der Waals surface area contributed by atoms with Crippen molar-refractivity contribution in [2.24, 2.45) is 5.92 Å². The van der Waals surface area contributed by atoms with Crippen LogP contribution in [0.15, 0.2) is 42.5 Å². The Morgan fingerprint density at radius 2 is 1.65 bits per heavy atom. The van der Waals surface area contributed by atoms with Gasteiger partial charge in [-0.3, -0.25) is 4.79 Å². The molecule has 1 heterocycles. The average Bonchev–Trinajstić information content (AvgIpc) is 3.32. The largest absolute Gasteiger partial charge is 0.454 e. The molecule has 1 N–H and O–H groups in total. The van der Waals surface area contributed by atoms with Gasteiger partial charge in [-0.05, 0) is 48.2 Å². The molecule has 2 aromatic rings. The van der Waals surface area contributed by atoms with Crippen LogP contribution < -0.4 is 14.8 Å². The van der Waals surface area contributed by atoms with Gasteiger partial charge in [0.05, 0.1) is 0 Å². The van der Waals surface area contributed by atoms with Gasteiger partial charge in [-0.25, -0.2) is 0 Å². The van der Waals surface area contributed by atoms with E-state index in [1.165, 1.54) is 0 Å². The summed E-state index contributed by atoms with van der Waals surface area (Å²) in [5.41, 5.74) is 2.98. The Hall–Kier alpha value is -2.75. The summed E-state index contributed by atoms with van der Waals surface area (Å²) in [6.45, 7) is 0.288. The van der Waals surface area contributed by atoms with Gasteiger partial charge in [0.25, 0.3) is 0 Å². The monoisotopic (exact) mass is 307 g/mol. The topological polar surface area (TPSA) is 47.6 Å². The molecule has 4 nitrogen and oxygen atoms in total. The number of hydrogen-bond acceptors (Lipinski definition) is 3. The van der Waals surface area contributed by atoms with Crippen LogP contribution in [-0.4, -0.2) is 12.7 Å². The molecular weight excluding hydrogens is 290 g/mol. The molecule has 1 aliphatic carbocycles. The number of fused-ring (bicyclic) bond motifs is 1. The lowest BCUT2D eigenvalue weighted by Gasteiger charge is -2.04. The van der Waals surface area contributed by atoms with E-state index in [4.69, 9.17) is 9.47 Å². The van der Waals surface area contributed by atoms with E-state index in [2.05, 4.69) is 5.32 Å². The molecule has 0 saturated heterocycles. The summed E-state index contributed by atoms with van der Waals surface area (Å²) in [6, 6.07) is 13.7. The van der Waals surface area contributed by atoms with E-state index in [0.717, 1.165) is 41.2 Å². The van der Waals surface area contributed by atoms with Gasteiger partial charge in [-0.1, -0.05) is 30.4 Å². The van der Waals surface area contributed by atoms with Gasteiger partial charge >= 0.3 is 0 Å². The molecular formula is C19H17NO3. The van der Waals surface area contributed by atoms with Crippen LogP contribution in [0.25, 0.3) is 12.2 Å². The van der Waals surface area contributed by atoms with Crippen molar-refractivity contribution >= 4 is 23.7 Å². The maximum atomic E-state index is 11.7. The third-order valence-electron chi connectivity index (χ3n) is 3.99. The van der Waals surface area contributed by atoms with Crippen molar-refractivity contribution in [3.8, 4) is 11.5 Å². The Balaban J connectivity index is 1.42. The summed E-state index contributed by atoms with van der Waals surface area (Å²) in [4.78, 5) is 11.7. The van der Waals surface area contributed by atoms with Gasteiger partial charge in [0.1, 0.15) is 0 Å². The minimum atomic E-state index is 0.133. The Kier molecular flexibility index (Phi) is 3.50. The summed E-state index contributed by atoms with van der Waals surface area (Å²) >= 11 is 0. The molecule has 4 rings (SSSR count). The fourth-order valence-electron chi connectivity index (χ4n) is 2.48. The van der Waals surface area contributed by atoms with Gasteiger partial charge < -0.3 is 14.8 Å². The Bertz CT molecular complexity index is 761. The number of carbonyl (C=O) groups excluding carboxylic acids is 1. The highest BCUT2D eigenvalue weighted by Gasteiger charge is 2.29. The van der Waals surface area contributed by atoms with E-state index in [1.807, 2.05) is 54.6 Å². The minimum Gasteiger partial charge on any atom is -0.454 e. The molecule has 2 aliphatic rings. The van der Waals surface area contributed by atoms with Crippen molar-refractivity contribution in [3.63, 3.8) is 0 Å². The van der Waals surface area contributed by atoms with E-state index >= 15 is 0 Å². The van der Waals surface area contributed by atoms with Crippen LogP contribution in [0.3, 0.4) is 0 Å². The highest BCUT2D eigenvalue weighted by molar-refractivity contribution is 5.94. The molecule has 2 aromatic carbocycles. The minimum absolute atomic E-state index is 0.133. The number of ether oxygens (including phenoxy) is 2. The van der Waals surface area contributed by atoms with Crippen LogP contribution >= 0.6 is 0 Å². The normalized spacial score (nSPS) is 15.8. The number of anilines is 1. The fraction of sp³-hybridized carbons (Fsp3) is 0.211. The van der Waals surface area contributed by atoms with Crippen molar-refractivity contribution in [2.75, 3.05) is 12.1 Å². The number of carbonyl (C=O) groups is 1. The highest BCUT2D eigenvalue weighted by Crippen LogP contribution is 2.33. The van der Waals surface area contributed by atoms with Gasteiger partial charge in [0, 0.05) is 11.6 Å². The molecule has 0 radical (unpaired) electrons. The summed E-state index contributed by atoms with van der Waals surface area (Å²) in [7, 11) is 0. The fourth-order valence-corrected chi connectivity index (χ4v) is 2.48. The first-order valence-electron chi connectivity index (χ1n) is 7.76. The first-order chi connectivity index (χ1) is 11.3. The summed E-state index contributed by atoms with van der Waals surface area (Å²) in [5, 5.41) is 2.94. The second-order valence-corrected chi connectivity index (χ2v) is 5.83. The Morgan fingerprint density at radius 1 is 0.957 bits per heavy atom. The van der Waals surface area contributed by atoms with Gasteiger partial charge in [0.15, 0.2) is 11.5 Å². The van der Waals surface area contributed by atoms with Crippen molar-refractivity contribution in [3.05, 3.63) is 53.6 Å². The molecule has 1 amide bonds. The third-order valence-corrected chi connectivity index (χ3v) is 3.99. The maximum absolute atomic E-state index is 11.7. The molecule has 1 fully saturated rings. The zero-order chi connectivity index (χ0) is 15.6. The zero-order valence-electron chi connectivity index (χ0n) is 12.6. The van der Waals surface area contributed by atoms with Crippen LogP contribution in [0, 0.1) is 5.92 Å². The Morgan fingerprint density at radius 3 is 2.43 bits per heavy atom. The number of benzene rings is 2. The lowest BCUT2D eigenvalue weighted by molar-refractivity contribution is -0.117. The van der Waals surface area contributed by atoms with Gasteiger partial charge in [-0.15, -0.1) is 0 Å². The van der Waals surface area contributed by atoms with Crippen molar-refractivity contribution < 1.29 is 14.3 Å². The van der Waals surface area contributed by atoms with Crippen molar-refractivity contribution in [1.29, 1.82) is 0 Å². The molecule has 0 aromatic heterocycles. The van der Waals surface area contributed by atoms with Crippen LogP contribution in [0.4, 0.5) is 5.69 Å². The number of amides is 1. The molecule has 0 spiro atoms.